The molecular weight excluding hydrogens is 705 g/mol. The lowest BCUT2D eigenvalue weighted by molar-refractivity contribution is 0.537. The molecular formula is C49H66N6S. The van der Waals surface area contributed by atoms with Gasteiger partial charge in [-0.05, 0) is 67.0 Å². The normalized spacial score (nSPS) is 11.7. The Morgan fingerprint density at radius 3 is 1.41 bits per heavy atom. The maximum Gasteiger partial charge on any atom is 0.141 e. The molecule has 0 radical (unpaired) electrons. The highest BCUT2D eigenvalue weighted by atomic mass is 32.1. The Kier molecular flexibility index (Phi) is 15.4. The van der Waals surface area contributed by atoms with Gasteiger partial charge in [0.25, 0.3) is 0 Å². The maximum atomic E-state index is 5.60. The number of aromatic nitrogens is 4. The molecule has 6 aromatic rings. The van der Waals surface area contributed by atoms with Crippen LogP contribution in [0.3, 0.4) is 0 Å². The van der Waals surface area contributed by atoms with Crippen LogP contribution in [0, 0.1) is 5.92 Å². The summed E-state index contributed by atoms with van der Waals surface area (Å²) in [5, 5.41) is 0. The lowest BCUT2D eigenvalue weighted by Gasteiger charge is -2.25. The number of hydrogen-bond donors (Lipinski definition) is 0. The standard InChI is InChI=1S/C49H66N6S/c1-7-11-18-32-53(33-19-12-8-2)41-28-24-38(25-29-41)43-45-46(52-56-51-45)44(39-26-30-42(31-27-39)54(34-20-13-9-3)35-21-14-10-4)48-47(43)50-49(55(48)36-37(5)6)40-22-16-15-17-23-40/h15-17,22-31,37H,7-14,18-21,32-36H2,1-6H3. The van der Waals surface area contributed by atoms with Crippen LogP contribution in [0.1, 0.15) is 119 Å². The molecule has 6 nitrogen and oxygen atoms in total. The molecule has 0 atom stereocenters. The van der Waals surface area contributed by atoms with Crippen molar-refractivity contribution < 1.29 is 0 Å². The predicted octanol–water partition coefficient (Wildman–Crippen LogP) is 14.1. The van der Waals surface area contributed by atoms with Gasteiger partial charge in [-0.15, -0.1) is 0 Å². The second kappa shape index (κ2) is 20.8. The highest BCUT2D eigenvalue weighted by Crippen LogP contribution is 2.45. The number of anilines is 2. The molecule has 0 amide bonds. The Hall–Kier alpha value is -4.23. The molecule has 0 bridgehead atoms. The molecule has 0 aliphatic heterocycles. The highest BCUT2D eigenvalue weighted by Gasteiger charge is 2.27. The molecule has 0 N–H and O–H groups in total. The molecule has 0 unspecified atom stereocenters. The van der Waals surface area contributed by atoms with Gasteiger partial charge in [-0.3, -0.25) is 0 Å². The SMILES string of the molecule is CCCCCN(CCCCC)c1ccc(-c2c3nsnc3c(-c3ccc(N(CCCCC)CCCCC)cc3)c3c2nc(-c2ccccc2)n3CC(C)C)cc1. The highest BCUT2D eigenvalue weighted by molar-refractivity contribution is 7.00. The summed E-state index contributed by atoms with van der Waals surface area (Å²) in [7, 11) is 0. The number of rotatable bonds is 23. The summed E-state index contributed by atoms with van der Waals surface area (Å²) in [6, 6.07) is 29.3. The van der Waals surface area contributed by atoms with Gasteiger partial charge in [-0.25, -0.2) is 4.98 Å². The first-order chi connectivity index (χ1) is 27.5. The Morgan fingerprint density at radius 1 is 0.518 bits per heavy atom. The monoisotopic (exact) mass is 771 g/mol. The molecule has 7 heteroatoms. The van der Waals surface area contributed by atoms with Crippen LogP contribution in [0.15, 0.2) is 78.9 Å². The summed E-state index contributed by atoms with van der Waals surface area (Å²) in [4.78, 5) is 10.8. The number of unbranched alkanes of at least 4 members (excludes halogenated alkanes) is 8. The average molecular weight is 771 g/mol. The van der Waals surface area contributed by atoms with E-state index in [1.54, 1.807) is 0 Å². The third-order valence-electron chi connectivity index (χ3n) is 11.2. The van der Waals surface area contributed by atoms with Gasteiger partial charge in [0.1, 0.15) is 22.4 Å². The maximum absolute atomic E-state index is 5.60. The summed E-state index contributed by atoms with van der Waals surface area (Å²) in [6.45, 7) is 19.0. The molecule has 4 aromatic carbocycles. The molecule has 2 heterocycles. The lowest BCUT2D eigenvalue weighted by atomic mass is 9.94. The van der Waals surface area contributed by atoms with Crippen molar-refractivity contribution in [2.24, 2.45) is 5.92 Å². The van der Waals surface area contributed by atoms with Crippen molar-refractivity contribution in [3.8, 4) is 33.6 Å². The fraction of sp³-hybridized carbons (Fsp3) is 0.490. The van der Waals surface area contributed by atoms with Crippen LogP contribution in [0.2, 0.25) is 0 Å². The first kappa shape index (κ1) is 41.4. The Labute approximate surface area is 341 Å². The molecule has 0 saturated heterocycles. The van der Waals surface area contributed by atoms with Crippen molar-refractivity contribution in [2.45, 2.75) is 125 Å². The second-order valence-electron chi connectivity index (χ2n) is 16.1. The number of benzene rings is 4. The molecule has 6 rings (SSSR count). The van der Waals surface area contributed by atoms with Gasteiger partial charge in [0, 0.05) is 60.8 Å². The number of hydrogen-bond acceptors (Lipinski definition) is 6. The van der Waals surface area contributed by atoms with Crippen LogP contribution in [0.25, 0.3) is 55.7 Å². The minimum Gasteiger partial charge on any atom is -0.372 e. The zero-order valence-electron chi connectivity index (χ0n) is 35.2. The van der Waals surface area contributed by atoms with E-state index in [1.165, 1.54) is 106 Å². The molecule has 0 saturated carbocycles. The third kappa shape index (κ3) is 9.82. The number of nitrogens with zero attached hydrogens (tertiary/aromatic N) is 6. The van der Waals surface area contributed by atoms with Crippen molar-refractivity contribution >= 4 is 45.2 Å². The number of imidazole rings is 1. The Morgan fingerprint density at radius 2 is 0.964 bits per heavy atom. The summed E-state index contributed by atoms with van der Waals surface area (Å²) in [5.74, 6) is 1.42. The van der Waals surface area contributed by atoms with E-state index in [1.807, 2.05) is 0 Å². The van der Waals surface area contributed by atoms with Gasteiger partial charge in [-0.1, -0.05) is 148 Å². The van der Waals surface area contributed by atoms with Crippen LogP contribution in [-0.2, 0) is 6.54 Å². The van der Waals surface area contributed by atoms with Gasteiger partial charge >= 0.3 is 0 Å². The first-order valence-electron chi connectivity index (χ1n) is 21.9. The molecule has 0 spiro atoms. The summed E-state index contributed by atoms with van der Waals surface area (Å²) in [6.07, 6.45) is 14.9. The molecule has 0 fully saturated rings. The fourth-order valence-corrected chi connectivity index (χ4v) is 8.71. The van der Waals surface area contributed by atoms with E-state index in [-0.39, 0.29) is 0 Å². The van der Waals surface area contributed by atoms with E-state index < -0.39 is 0 Å². The molecule has 0 aliphatic carbocycles. The van der Waals surface area contributed by atoms with Gasteiger partial charge < -0.3 is 14.4 Å². The molecule has 298 valence electrons. The summed E-state index contributed by atoms with van der Waals surface area (Å²) in [5.41, 5.74) is 12.3. The zero-order valence-corrected chi connectivity index (χ0v) is 36.0. The quantitative estimate of drug-likeness (QED) is 0.0607. The summed E-state index contributed by atoms with van der Waals surface area (Å²) < 4.78 is 12.6. The Balaban J connectivity index is 1.52. The van der Waals surface area contributed by atoms with Crippen molar-refractivity contribution in [1.29, 1.82) is 0 Å². The van der Waals surface area contributed by atoms with E-state index in [0.717, 1.165) is 82.9 Å². The zero-order chi connectivity index (χ0) is 39.3. The minimum absolute atomic E-state index is 0.420. The van der Waals surface area contributed by atoms with Gasteiger partial charge in [-0.2, -0.15) is 8.75 Å². The van der Waals surface area contributed by atoms with E-state index in [0.29, 0.717) is 5.92 Å². The predicted molar refractivity (Wildman–Crippen MR) is 244 cm³/mol. The van der Waals surface area contributed by atoms with Crippen LogP contribution in [0.5, 0.6) is 0 Å². The van der Waals surface area contributed by atoms with Crippen LogP contribution in [-0.4, -0.2) is 44.5 Å². The van der Waals surface area contributed by atoms with E-state index in [9.17, 15) is 0 Å². The smallest absolute Gasteiger partial charge is 0.141 e. The van der Waals surface area contributed by atoms with Crippen LogP contribution < -0.4 is 9.80 Å². The van der Waals surface area contributed by atoms with Crippen molar-refractivity contribution in [3.63, 3.8) is 0 Å². The van der Waals surface area contributed by atoms with Crippen molar-refractivity contribution in [2.75, 3.05) is 36.0 Å². The lowest BCUT2D eigenvalue weighted by Crippen LogP contribution is -2.25. The first-order valence-corrected chi connectivity index (χ1v) is 22.7. The third-order valence-corrected chi connectivity index (χ3v) is 11.7. The van der Waals surface area contributed by atoms with Crippen LogP contribution >= 0.6 is 11.7 Å². The van der Waals surface area contributed by atoms with E-state index >= 15 is 0 Å². The van der Waals surface area contributed by atoms with Gasteiger partial charge in [0.05, 0.1) is 17.2 Å². The minimum atomic E-state index is 0.420. The van der Waals surface area contributed by atoms with Crippen LogP contribution in [0.4, 0.5) is 11.4 Å². The molecule has 56 heavy (non-hydrogen) atoms. The average Bonchev–Trinajstić information content (AvgIpc) is 3.85. The van der Waals surface area contributed by atoms with Gasteiger partial charge in [0.2, 0.25) is 0 Å². The molecule has 2 aromatic heterocycles. The number of fused-ring (bicyclic) bond motifs is 2. The molecule has 0 aliphatic rings. The Bertz CT molecular complexity index is 2040. The summed E-state index contributed by atoms with van der Waals surface area (Å²) >= 11 is 1.31. The fourth-order valence-electron chi connectivity index (χ4n) is 8.15. The topological polar surface area (TPSA) is 50.1 Å². The van der Waals surface area contributed by atoms with Crippen molar-refractivity contribution in [1.82, 2.24) is 18.3 Å². The van der Waals surface area contributed by atoms with Crippen molar-refractivity contribution in [3.05, 3.63) is 78.9 Å². The van der Waals surface area contributed by atoms with E-state index in [2.05, 4.69) is 135 Å². The van der Waals surface area contributed by atoms with Gasteiger partial charge in [0.15, 0.2) is 0 Å². The second-order valence-corrected chi connectivity index (χ2v) is 16.6. The van der Waals surface area contributed by atoms with E-state index in [4.69, 9.17) is 13.7 Å². The largest absolute Gasteiger partial charge is 0.372 e.